The molecule has 2 heterocycles. The fourth-order valence-corrected chi connectivity index (χ4v) is 3.49. The van der Waals surface area contributed by atoms with Crippen LogP contribution in [0.3, 0.4) is 0 Å². The van der Waals surface area contributed by atoms with Crippen LogP contribution in [0.1, 0.15) is 49.6 Å². The number of rotatable bonds is 6. The SMILES string of the molecule is CCCC1(COC)CCCN1C(=O)NCc1c(C)noc1C. The van der Waals surface area contributed by atoms with E-state index in [4.69, 9.17) is 9.26 Å². The first kappa shape index (κ1) is 16.8. The molecule has 6 nitrogen and oxygen atoms in total. The summed E-state index contributed by atoms with van der Waals surface area (Å²) in [7, 11) is 1.70. The standard InChI is InChI=1S/C16H27N3O3/c1-5-7-16(11-21-4)8-6-9-19(16)15(20)17-10-14-12(2)18-22-13(14)3/h5-11H2,1-4H3,(H,17,20). The van der Waals surface area contributed by atoms with Crippen molar-refractivity contribution in [3.8, 4) is 0 Å². The highest BCUT2D eigenvalue weighted by Crippen LogP contribution is 2.34. The highest BCUT2D eigenvalue weighted by molar-refractivity contribution is 5.75. The lowest BCUT2D eigenvalue weighted by Gasteiger charge is -2.38. The van der Waals surface area contributed by atoms with E-state index in [2.05, 4.69) is 17.4 Å². The first-order valence-electron chi connectivity index (χ1n) is 8.00. The summed E-state index contributed by atoms with van der Waals surface area (Å²) in [5.41, 5.74) is 1.63. The molecule has 0 saturated carbocycles. The van der Waals surface area contributed by atoms with Crippen LogP contribution in [0.25, 0.3) is 0 Å². The summed E-state index contributed by atoms with van der Waals surface area (Å²) in [6.45, 7) is 7.74. The number of amides is 2. The van der Waals surface area contributed by atoms with Crippen LogP contribution in [0.15, 0.2) is 4.52 Å². The van der Waals surface area contributed by atoms with Crippen LogP contribution in [0, 0.1) is 13.8 Å². The van der Waals surface area contributed by atoms with Gasteiger partial charge in [-0.15, -0.1) is 0 Å². The molecule has 124 valence electrons. The lowest BCUT2D eigenvalue weighted by atomic mass is 9.91. The van der Waals surface area contributed by atoms with Crippen LogP contribution < -0.4 is 5.32 Å². The van der Waals surface area contributed by atoms with Crippen molar-refractivity contribution in [1.82, 2.24) is 15.4 Å². The Bertz CT molecular complexity index is 487. The van der Waals surface area contributed by atoms with Crippen LogP contribution in [-0.2, 0) is 11.3 Å². The van der Waals surface area contributed by atoms with Gasteiger partial charge in [0.15, 0.2) is 0 Å². The zero-order valence-corrected chi connectivity index (χ0v) is 14.1. The van der Waals surface area contributed by atoms with E-state index in [1.807, 2.05) is 18.7 Å². The molecule has 0 aromatic carbocycles. The Kier molecular flexibility index (Phi) is 5.45. The third kappa shape index (κ3) is 3.27. The van der Waals surface area contributed by atoms with Crippen LogP contribution in [0.5, 0.6) is 0 Å². The predicted molar refractivity (Wildman–Crippen MR) is 83.7 cm³/mol. The molecule has 1 aromatic rings. The summed E-state index contributed by atoms with van der Waals surface area (Å²) < 4.78 is 10.5. The fourth-order valence-electron chi connectivity index (χ4n) is 3.49. The number of carbonyl (C=O) groups excluding carboxylic acids is 1. The lowest BCUT2D eigenvalue weighted by molar-refractivity contribution is 0.0500. The van der Waals surface area contributed by atoms with Gasteiger partial charge in [0.2, 0.25) is 0 Å². The van der Waals surface area contributed by atoms with Crippen molar-refractivity contribution >= 4 is 6.03 Å². The lowest BCUT2D eigenvalue weighted by Crippen LogP contribution is -2.53. The van der Waals surface area contributed by atoms with E-state index in [-0.39, 0.29) is 11.6 Å². The topological polar surface area (TPSA) is 67.6 Å². The highest BCUT2D eigenvalue weighted by Gasteiger charge is 2.42. The molecule has 1 unspecified atom stereocenters. The molecular formula is C16H27N3O3. The molecule has 1 atom stereocenters. The summed E-state index contributed by atoms with van der Waals surface area (Å²) in [6, 6.07) is -0.0250. The van der Waals surface area contributed by atoms with Crippen molar-refractivity contribution in [3.05, 3.63) is 17.0 Å². The second-order valence-corrected chi connectivity index (χ2v) is 6.12. The van der Waals surface area contributed by atoms with Gasteiger partial charge in [-0.05, 0) is 33.1 Å². The number of aromatic nitrogens is 1. The van der Waals surface area contributed by atoms with E-state index in [9.17, 15) is 4.79 Å². The number of methoxy groups -OCH3 is 1. The van der Waals surface area contributed by atoms with Crippen molar-refractivity contribution in [2.75, 3.05) is 20.3 Å². The number of nitrogens with one attached hydrogen (secondary N) is 1. The van der Waals surface area contributed by atoms with Gasteiger partial charge in [0.1, 0.15) is 5.76 Å². The second-order valence-electron chi connectivity index (χ2n) is 6.12. The maximum Gasteiger partial charge on any atom is 0.318 e. The van der Waals surface area contributed by atoms with Crippen molar-refractivity contribution in [2.45, 2.75) is 58.5 Å². The first-order chi connectivity index (χ1) is 10.5. The molecule has 1 saturated heterocycles. The second kappa shape index (κ2) is 7.13. The van der Waals surface area contributed by atoms with E-state index in [0.717, 1.165) is 49.2 Å². The molecule has 1 aliphatic heterocycles. The van der Waals surface area contributed by atoms with Gasteiger partial charge in [0, 0.05) is 25.8 Å². The van der Waals surface area contributed by atoms with E-state index in [1.54, 1.807) is 7.11 Å². The molecule has 2 amide bonds. The third-order valence-electron chi connectivity index (χ3n) is 4.57. The number of carbonyl (C=O) groups is 1. The Morgan fingerprint density at radius 1 is 1.50 bits per heavy atom. The van der Waals surface area contributed by atoms with Crippen molar-refractivity contribution in [2.24, 2.45) is 0 Å². The average Bonchev–Trinajstić information content (AvgIpc) is 3.02. The largest absolute Gasteiger partial charge is 0.382 e. The third-order valence-corrected chi connectivity index (χ3v) is 4.57. The van der Waals surface area contributed by atoms with Gasteiger partial charge in [-0.25, -0.2) is 4.79 Å². The minimum atomic E-state index is -0.160. The minimum Gasteiger partial charge on any atom is -0.382 e. The van der Waals surface area contributed by atoms with E-state index < -0.39 is 0 Å². The van der Waals surface area contributed by atoms with Crippen LogP contribution in [0.4, 0.5) is 4.79 Å². The number of hydrogen-bond acceptors (Lipinski definition) is 4. The van der Waals surface area contributed by atoms with Crippen molar-refractivity contribution < 1.29 is 14.1 Å². The monoisotopic (exact) mass is 309 g/mol. The summed E-state index contributed by atoms with van der Waals surface area (Å²) in [5.74, 6) is 0.760. The maximum absolute atomic E-state index is 12.6. The molecule has 22 heavy (non-hydrogen) atoms. The van der Waals surface area contributed by atoms with Crippen molar-refractivity contribution in [3.63, 3.8) is 0 Å². The quantitative estimate of drug-likeness (QED) is 0.877. The van der Waals surface area contributed by atoms with E-state index in [1.165, 1.54) is 0 Å². The summed E-state index contributed by atoms with van der Waals surface area (Å²) >= 11 is 0. The molecule has 1 N–H and O–H groups in total. The van der Waals surface area contributed by atoms with Crippen LogP contribution >= 0.6 is 0 Å². The molecular weight excluding hydrogens is 282 g/mol. The van der Waals surface area contributed by atoms with Gasteiger partial charge >= 0.3 is 6.03 Å². The molecule has 0 spiro atoms. The maximum atomic E-state index is 12.6. The van der Waals surface area contributed by atoms with Gasteiger partial charge in [0.05, 0.1) is 17.8 Å². The smallest absolute Gasteiger partial charge is 0.318 e. The molecule has 1 aromatic heterocycles. The summed E-state index contributed by atoms with van der Waals surface area (Å²) in [6.07, 6.45) is 4.05. The Morgan fingerprint density at radius 3 is 2.86 bits per heavy atom. The van der Waals surface area contributed by atoms with Crippen LogP contribution in [0.2, 0.25) is 0 Å². The molecule has 0 radical (unpaired) electrons. The van der Waals surface area contributed by atoms with E-state index >= 15 is 0 Å². The number of urea groups is 1. The Labute approximate surface area is 132 Å². The Balaban J connectivity index is 2.04. The molecule has 2 rings (SSSR count). The zero-order valence-electron chi connectivity index (χ0n) is 14.1. The van der Waals surface area contributed by atoms with Crippen molar-refractivity contribution in [1.29, 1.82) is 0 Å². The van der Waals surface area contributed by atoms with Gasteiger partial charge < -0.3 is 19.5 Å². The van der Waals surface area contributed by atoms with Gasteiger partial charge in [-0.2, -0.15) is 0 Å². The summed E-state index contributed by atoms with van der Waals surface area (Å²) in [5, 5.41) is 6.93. The minimum absolute atomic E-state index is 0.0250. The zero-order chi connectivity index (χ0) is 16.2. The van der Waals surface area contributed by atoms with Gasteiger partial charge in [-0.3, -0.25) is 0 Å². The average molecular weight is 309 g/mol. The van der Waals surface area contributed by atoms with Gasteiger partial charge in [-0.1, -0.05) is 18.5 Å². The molecule has 6 heteroatoms. The normalized spacial score (nSPS) is 21.4. The number of nitrogens with zero attached hydrogens (tertiary/aromatic N) is 2. The number of likely N-dealkylation sites (tertiary alicyclic amines) is 1. The predicted octanol–water partition coefficient (Wildman–Crippen LogP) is 2.78. The summed E-state index contributed by atoms with van der Waals surface area (Å²) in [4.78, 5) is 14.6. The number of aryl methyl sites for hydroxylation is 2. The highest BCUT2D eigenvalue weighted by atomic mass is 16.5. The Hall–Kier alpha value is -1.56. The fraction of sp³-hybridized carbons (Fsp3) is 0.750. The van der Waals surface area contributed by atoms with E-state index in [0.29, 0.717) is 13.2 Å². The molecule has 0 aliphatic carbocycles. The first-order valence-corrected chi connectivity index (χ1v) is 8.00. The number of ether oxygens (including phenoxy) is 1. The number of hydrogen-bond donors (Lipinski definition) is 1. The molecule has 1 fully saturated rings. The molecule has 1 aliphatic rings. The Morgan fingerprint density at radius 2 is 2.27 bits per heavy atom. The van der Waals surface area contributed by atoms with Crippen LogP contribution in [-0.4, -0.2) is 41.9 Å². The molecule has 0 bridgehead atoms. The van der Waals surface area contributed by atoms with Gasteiger partial charge in [0.25, 0.3) is 0 Å².